The topological polar surface area (TPSA) is 66.4 Å². The van der Waals surface area contributed by atoms with E-state index in [0.717, 1.165) is 56.5 Å². The van der Waals surface area contributed by atoms with Crippen molar-refractivity contribution in [3.8, 4) is 5.75 Å². The first-order valence-corrected chi connectivity index (χ1v) is 9.78. The van der Waals surface area contributed by atoms with Crippen molar-refractivity contribution in [1.82, 2.24) is 10.2 Å². The highest BCUT2D eigenvalue weighted by molar-refractivity contribution is 5.97. The van der Waals surface area contributed by atoms with Gasteiger partial charge in [-0.15, -0.1) is 0 Å². The van der Waals surface area contributed by atoms with Crippen molar-refractivity contribution < 1.29 is 14.3 Å². The van der Waals surface area contributed by atoms with Gasteiger partial charge in [0, 0.05) is 45.8 Å². The number of hydrogen-bond donors (Lipinski definition) is 1. The molecule has 7 nitrogen and oxygen atoms in total. The van der Waals surface area contributed by atoms with Gasteiger partial charge in [0.05, 0.1) is 12.3 Å². The van der Waals surface area contributed by atoms with E-state index in [0.29, 0.717) is 19.0 Å². The Morgan fingerprint density at radius 2 is 2.26 bits per heavy atom. The Kier molecular flexibility index (Phi) is 6.92. The third kappa shape index (κ3) is 5.13. The maximum absolute atomic E-state index is 12.2. The molecule has 7 heteroatoms. The van der Waals surface area contributed by atoms with E-state index in [1.807, 2.05) is 24.3 Å². The molecule has 148 valence electrons. The summed E-state index contributed by atoms with van der Waals surface area (Å²) in [6.07, 6.45) is 1.91. The predicted octanol–water partition coefficient (Wildman–Crippen LogP) is 1.74. The van der Waals surface area contributed by atoms with Crippen LogP contribution in [0.25, 0.3) is 0 Å². The van der Waals surface area contributed by atoms with Crippen LogP contribution in [0.3, 0.4) is 0 Å². The minimum Gasteiger partial charge on any atom is -0.482 e. The molecule has 1 fully saturated rings. The average Bonchev–Trinajstić information content (AvgIpc) is 3.18. The van der Waals surface area contributed by atoms with E-state index in [4.69, 9.17) is 14.5 Å². The van der Waals surface area contributed by atoms with Crippen molar-refractivity contribution in [2.24, 2.45) is 10.9 Å². The molecule has 3 rings (SSSR count). The maximum atomic E-state index is 12.2. The van der Waals surface area contributed by atoms with Crippen LogP contribution in [-0.2, 0) is 9.53 Å². The lowest BCUT2D eigenvalue weighted by Crippen LogP contribution is -2.42. The Labute approximate surface area is 161 Å². The molecule has 1 unspecified atom stereocenters. The normalized spacial score (nSPS) is 19.6. The largest absolute Gasteiger partial charge is 0.482 e. The van der Waals surface area contributed by atoms with Gasteiger partial charge >= 0.3 is 0 Å². The molecule has 1 amide bonds. The fourth-order valence-corrected chi connectivity index (χ4v) is 3.48. The fourth-order valence-electron chi connectivity index (χ4n) is 3.48. The number of carbonyl (C=O) groups is 1. The molecule has 27 heavy (non-hydrogen) atoms. The van der Waals surface area contributed by atoms with Crippen molar-refractivity contribution in [3.05, 3.63) is 24.3 Å². The van der Waals surface area contributed by atoms with E-state index in [-0.39, 0.29) is 12.5 Å². The zero-order valence-electron chi connectivity index (χ0n) is 16.3. The second-order valence-corrected chi connectivity index (χ2v) is 7.00. The molecule has 1 N–H and O–H groups in total. The number of anilines is 1. The van der Waals surface area contributed by atoms with Crippen molar-refractivity contribution in [3.63, 3.8) is 0 Å². The third-order valence-corrected chi connectivity index (χ3v) is 4.86. The summed E-state index contributed by atoms with van der Waals surface area (Å²) in [4.78, 5) is 20.9. The number of carbonyl (C=O) groups excluding carboxylic acids is 1. The highest BCUT2D eigenvalue weighted by atomic mass is 16.5. The van der Waals surface area contributed by atoms with E-state index in [1.165, 1.54) is 0 Å². The molecule has 1 aromatic rings. The summed E-state index contributed by atoms with van der Waals surface area (Å²) in [7, 11) is 2.07. The highest BCUT2D eigenvalue weighted by Gasteiger charge is 2.24. The average molecular weight is 374 g/mol. The lowest BCUT2D eigenvalue weighted by atomic mass is 10.1. The Morgan fingerprint density at radius 3 is 3.04 bits per heavy atom. The van der Waals surface area contributed by atoms with Crippen LogP contribution in [0.1, 0.15) is 19.8 Å². The molecule has 1 saturated heterocycles. The smallest absolute Gasteiger partial charge is 0.265 e. The van der Waals surface area contributed by atoms with Gasteiger partial charge in [-0.1, -0.05) is 12.1 Å². The zero-order valence-corrected chi connectivity index (χ0v) is 16.3. The van der Waals surface area contributed by atoms with Crippen molar-refractivity contribution in [2.45, 2.75) is 19.8 Å². The molecule has 0 bridgehead atoms. The van der Waals surface area contributed by atoms with Crippen LogP contribution >= 0.6 is 0 Å². The van der Waals surface area contributed by atoms with Gasteiger partial charge in [-0.25, -0.2) is 0 Å². The number of rotatable bonds is 7. The lowest BCUT2D eigenvalue weighted by molar-refractivity contribution is -0.121. The molecule has 1 atom stereocenters. The van der Waals surface area contributed by atoms with Crippen molar-refractivity contribution >= 4 is 17.6 Å². The van der Waals surface area contributed by atoms with Crippen LogP contribution in [0.2, 0.25) is 0 Å². The van der Waals surface area contributed by atoms with E-state index < -0.39 is 0 Å². The maximum Gasteiger partial charge on any atom is 0.265 e. The van der Waals surface area contributed by atoms with Crippen LogP contribution in [0.5, 0.6) is 5.75 Å². The molecule has 0 radical (unpaired) electrons. The van der Waals surface area contributed by atoms with Gasteiger partial charge in [0.2, 0.25) is 0 Å². The van der Waals surface area contributed by atoms with Gasteiger partial charge in [-0.3, -0.25) is 9.79 Å². The standard InChI is InChI=1S/C20H30N4O3/c1-3-21-20(23(2)13-16-9-12-26-14-16)22-10-6-11-24-17-7-4-5-8-18(17)27-15-19(24)25/h4-5,7-8,16H,3,6,9-15H2,1-2H3,(H,21,22). The zero-order chi connectivity index (χ0) is 19.1. The number of ether oxygens (including phenoxy) is 2. The summed E-state index contributed by atoms with van der Waals surface area (Å²) in [5, 5.41) is 3.35. The highest BCUT2D eigenvalue weighted by Crippen LogP contribution is 2.31. The quantitative estimate of drug-likeness (QED) is 0.447. The lowest BCUT2D eigenvalue weighted by Gasteiger charge is -2.29. The van der Waals surface area contributed by atoms with Crippen LogP contribution in [0.4, 0.5) is 5.69 Å². The molecule has 0 aliphatic carbocycles. The van der Waals surface area contributed by atoms with Gasteiger partial charge in [0.25, 0.3) is 5.91 Å². The van der Waals surface area contributed by atoms with Crippen molar-refractivity contribution in [2.75, 3.05) is 57.9 Å². The summed E-state index contributed by atoms with van der Waals surface area (Å²) in [6.45, 7) is 6.97. The predicted molar refractivity (Wildman–Crippen MR) is 106 cm³/mol. The number of para-hydroxylation sites is 2. The number of nitrogens with one attached hydrogen (secondary N) is 1. The first-order valence-electron chi connectivity index (χ1n) is 9.78. The number of nitrogens with zero attached hydrogens (tertiary/aromatic N) is 3. The third-order valence-electron chi connectivity index (χ3n) is 4.86. The first kappa shape index (κ1) is 19.5. The first-order chi connectivity index (χ1) is 13.2. The second-order valence-electron chi connectivity index (χ2n) is 7.00. The number of amides is 1. The van der Waals surface area contributed by atoms with Gasteiger partial charge in [-0.05, 0) is 31.9 Å². The van der Waals surface area contributed by atoms with Gasteiger partial charge in [0.15, 0.2) is 12.6 Å². The van der Waals surface area contributed by atoms with Crippen LogP contribution in [-0.4, -0.2) is 69.8 Å². The van der Waals surface area contributed by atoms with E-state index in [2.05, 4.69) is 24.2 Å². The van der Waals surface area contributed by atoms with Crippen LogP contribution in [0.15, 0.2) is 29.3 Å². The number of fused-ring (bicyclic) bond motifs is 1. The van der Waals surface area contributed by atoms with Gasteiger partial charge < -0.3 is 24.6 Å². The number of aliphatic imine (C=N–C) groups is 1. The molecule has 2 aliphatic rings. The summed E-state index contributed by atoms with van der Waals surface area (Å²) in [6, 6.07) is 7.68. The molecular weight excluding hydrogens is 344 g/mol. The molecule has 2 aliphatic heterocycles. The Morgan fingerprint density at radius 1 is 1.41 bits per heavy atom. The minimum atomic E-state index is 0.00272. The Balaban J connectivity index is 1.54. The summed E-state index contributed by atoms with van der Waals surface area (Å²) < 4.78 is 11.0. The van der Waals surface area contributed by atoms with E-state index >= 15 is 0 Å². The van der Waals surface area contributed by atoms with Gasteiger partial charge in [-0.2, -0.15) is 0 Å². The Bertz CT molecular complexity index is 658. The van der Waals surface area contributed by atoms with Crippen LogP contribution < -0.4 is 15.0 Å². The van der Waals surface area contributed by atoms with Crippen molar-refractivity contribution in [1.29, 1.82) is 0 Å². The monoisotopic (exact) mass is 374 g/mol. The molecular formula is C20H30N4O3. The van der Waals surface area contributed by atoms with Crippen LogP contribution in [0, 0.1) is 5.92 Å². The Hall–Kier alpha value is -2.28. The molecule has 1 aromatic carbocycles. The second kappa shape index (κ2) is 9.60. The summed E-state index contributed by atoms with van der Waals surface area (Å²) >= 11 is 0. The fraction of sp³-hybridized carbons (Fsp3) is 0.600. The number of guanidine groups is 1. The number of hydrogen-bond acceptors (Lipinski definition) is 4. The molecule has 0 saturated carbocycles. The number of benzene rings is 1. The molecule has 2 heterocycles. The van der Waals surface area contributed by atoms with Gasteiger partial charge in [0.1, 0.15) is 5.75 Å². The molecule has 0 aromatic heterocycles. The summed E-state index contributed by atoms with van der Waals surface area (Å²) in [5.74, 6) is 2.26. The van der Waals surface area contributed by atoms with E-state index in [1.54, 1.807) is 4.90 Å². The molecule has 0 spiro atoms. The van der Waals surface area contributed by atoms with E-state index in [9.17, 15) is 4.79 Å². The summed E-state index contributed by atoms with van der Waals surface area (Å²) in [5.41, 5.74) is 0.850. The SMILES string of the molecule is CCNC(=NCCCN1C(=O)COc2ccccc21)N(C)CC1CCOC1. The minimum absolute atomic E-state index is 0.00272.